The van der Waals surface area contributed by atoms with E-state index in [0.717, 1.165) is 16.7 Å². The van der Waals surface area contributed by atoms with Crippen LogP contribution in [0.25, 0.3) is 22.8 Å². The molecule has 0 aliphatic carbocycles. The first-order valence-corrected chi connectivity index (χ1v) is 9.79. The van der Waals surface area contributed by atoms with Crippen LogP contribution in [0.4, 0.5) is 8.78 Å². The summed E-state index contributed by atoms with van der Waals surface area (Å²) in [4.78, 5) is 15.9. The molecule has 0 spiro atoms. The number of benzene rings is 3. The molecule has 3 aromatic rings. The monoisotopic (exact) mass is 415 g/mol. The van der Waals surface area contributed by atoms with E-state index < -0.39 is 5.97 Å². The van der Waals surface area contributed by atoms with Crippen LogP contribution in [-0.2, 0) is 0 Å². The Hall–Kier alpha value is -3.86. The summed E-state index contributed by atoms with van der Waals surface area (Å²) in [7, 11) is 0. The first-order chi connectivity index (χ1) is 15.0. The first kappa shape index (κ1) is 20.4. The fraction of sp³-hybridized carbons (Fsp3) is 0.0769. The molecular formula is C26H19F2NO2. The molecule has 3 nitrogen and oxygen atoms in total. The van der Waals surface area contributed by atoms with Gasteiger partial charge in [-0.15, -0.1) is 0 Å². The molecule has 0 saturated carbocycles. The van der Waals surface area contributed by atoms with Gasteiger partial charge in [0, 0.05) is 18.3 Å². The number of halogens is 2. The van der Waals surface area contributed by atoms with Crippen LogP contribution in [-0.4, -0.2) is 17.3 Å². The molecule has 0 fully saturated rings. The van der Waals surface area contributed by atoms with E-state index >= 15 is 0 Å². The SMILES string of the molecule is O=C(O)c1ccc(/C=C(/CC2C=CN=C2)c2ccc(F)cc2)cc1-c1ccc(F)cc1. The van der Waals surface area contributed by atoms with Crippen LogP contribution in [0.5, 0.6) is 0 Å². The quantitative estimate of drug-likeness (QED) is 0.469. The molecule has 3 aromatic carbocycles. The summed E-state index contributed by atoms with van der Waals surface area (Å²) in [5, 5.41) is 9.60. The molecule has 0 bridgehead atoms. The maximum atomic E-state index is 13.4. The van der Waals surface area contributed by atoms with Crippen molar-refractivity contribution in [3.8, 4) is 11.1 Å². The zero-order chi connectivity index (χ0) is 21.8. The summed E-state index contributed by atoms with van der Waals surface area (Å²) < 4.78 is 26.8. The lowest BCUT2D eigenvalue weighted by atomic mass is 9.91. The van der Waals surface area contributed by atoms with Crippen molar-refractivity contribution in [3.05, 3.63) is 107 Å². The predicted molar refractivity (Wildman–Crippen MR) is 119 cm³/mol. The summed E-state index contributed by atoms with van der Waals surface area (Å²) in [5.41, 5.74) is 3.89. The Morgan fingerprint density at radius 1 is 0.968 bits per heavy atom. The van der Waals surface area contributed by atoms with Gasteiger partial charge in [-0.1, -0.05) is 42.5 Å². The average molecular weight is 415 g/mol. The van der Waals surface area contributed by atoms with Crippen molar-refractivity contribution in [1.82, 2.24) is 0 Å². The molecule has 1 aliphatic heterocycles. The van der Waals surface area contributed by atoms with E-state index in [2.05, 4.69) is 4.99 Å². The Bertz CT molecular complexity index is 1180. The molecule has 4 rings (SSSR count). The van der Waals surface area contributed by atoms with E-state index in [9.17, 15) is 18.7 Å². The normalized spacial score (nSPS) is 15.4. The number of aromatic carboxylic acids is 1. The van der Waals surface area contributed by atoms with Gasteiger partial charge in [0.1, 0.15) is 11.6 Å². The van der Waals surface area contributed by atoms with Gasteiger partial charge in [0.05, 0.1) is 5.56 Å². The summed E-state index contributed by atoms with van der Waals surface area (Å²) >= 11 is 0. The molecule has 1 atom stereocenters. The highest BCUT2D eigenvalue weighted by molar-refractivity contribution is 5.97. The number of carboxylic acid groups (broad SMARTS) is 1. The number of hydrogen-bond donors (Lipinski definition) is 1. The number of nitrogens with zero attached hydrogens (tertiary/aromatic N) is 1. The molecule has 154 valence electrons. The van der Waals surface area contributed by atoms with Crippen LogP contribution in [0, 0.1) is 17.6 Å². The summed E-state index contributed by atoms with van der Waals surface area (Å²) in [6, 6.07) is 17.1. The van der Waals surface area contributed by atoms with Crippen LogP contribution in [0.2, 0.25) is 0 Å². The zero-order valence-electron chi connectivity index (χ0n) is 16.5. The Morgan fingerprint density at radius 2 is 1.65 bits per heavy atom. The maximum Gasteiger partial charge on any atom is 0.336 e. The molecule has 0 saturated heterocycles. The summed E-state index contributed by atoms with van der Waals surface area (Å²) in [6.07, 6.45) is 8.23. The topological polar surface area (TPSA) is 49.7 Å². The maximum absolute atomic E-state index is 13.4. The fourth-order valence-electron chi connectivity index (χ4n) is 3.58. The smallest absolute Gasteiger partial charge is 0.336 e. The number of aliphatic imine (C=N–C) groups is 1. The van der Waals surface area contributed by atoms with Crippen LogP contribution in [0.15, 0.2) is 84.0 Å². The van der Waals surface area contributed by atoms with Gasteiger partial charge in [0.15, 0.2) is 0 Å². The average Bonchev–Trinajstić information content (AvgIpc) is 3.27. The number of carboxylic acids is 1. The molecule has 1 aliphatic rings. The van der Waals surface area contributed by atoms with E-state index in [-0.39, 0.29) is 23.1 Å². The Labute approximate surface area is 178 Å². The van der Waals surface area contributed by atoms with Crippen LogP contribution < -0.4 is 0 Å². The highest BCUT2D eigenvalue weighted by Crippen LogP contribution is 2.30. The van der Waals surface area contributed by atoms with Crippen molar-refractivity contribution in [1.29, 1.82) is 0 Å². The van der Waals surface area contributed by atoms with Crippen molar-refractivity contribution >= 4 is 23.8 Å². The lowest BCUT2D eigenvalue weighted by molar-refractivity contribution is 0.0697. The van der Waals surface area contributed by atoms with Gasteiger partial charge in [-0.2, -0.15) is 0 Å². The van der Waals surface area contributed by atoms with Crippen molar-refractivity contribution in [2.75, 3.05) is 0 Å². The third kappa shape index (κ3) is 4.83. The van der Waals surface area contributed by atoms with Gasteiger partial charge in [0.25, 0.3) is 0 Å². The highest BCUT2D eigenvalue weighted by atomic mass is 19.1. The van der Waals surface area contributed by atoms with Gasteiger partial charge in [-0.05, 0) is 70.6 Å². The van der Waals surface area contributed by atoms with E-state index in [0.29, 0.717) is 17.5 Å². The Kier molecular flexibility index (Phi) is 5.85. The molecule has 31 heavy (non-hydrogen) atoms. The largest absolute Gasteiger partial charge is 0.478 e. The molecule has 5 heteroatoms. The zero-order valence-corrected chi connectivity index (χ0v) is 16.5. The van der Waals surface area contributed by atoms with Gasteiger partial charge in [0.2, 0.25) is 0 Å². The van der Waals surface area contributed by atoms with Crippen molar-refractivity contribution < 1.29 is 18.7 Å². The lowest BCUT2D eigenvalue weighted by Crippen LogP contribution is -2.01. The Balaban J connectivity index is 1.79. The third-order valence-electron chi connectivity index (χ3n) is 5.14. The van der Waals surface area contributed by atoms with Crippen LogP contribution in [0.3, 0.4) is 0 Å². The first-order valence-electron chi connectivity index (χ1n) is 9.79. The van der Waals surface area contributed by atoms with Gasteiger partial charge in [-0.3, -0.25) is 4.99 Å². The molecule has 1 unspecified atom stereocenters. The number of rotatable bonds is 6. The molecule has 1 N–H and O–H groups in total. The molecule has 0 amide bonds. The summed E-state index contributed by atoms with van der Waals surface area (Å²) in [6.45, 7) is 0. The lowest BCUT2D eigenvalue weighted by Gasteiger charge is -2.13. The van der Waals surface area contributed by atoms with Crippen molar-refractivity contribution in [3.63, 3.8) is 0 Å². The second-order valence-electron chi connectivity index (χ2n) is 7.30. The number of carbonyl (C=O) groups is 1. The molecular weight excluding hydrogens is 396 g/mol. The van der Waals surface area contributed by atoms with Gasteiger partial charge < -0.3 is 5.11 Å². The second-order valence-corrected chi connectivity index (χ2v) is 7.30. The minimum Gasteiger partial charge on any atom is -0.478 e. The minimum absolute atomic E-state index is 0.131. The number of hydrogen-bond acceptors (Lipinski definition) is 2. The van der Waals surface area contributed by atoms with Crippen molar-refractivity contribution in [2.24, 2.45) is 10.9 Å². The van der Waals surface area contributed by atoms with E-state index in [1.54, 1.807) is 48.7 Å². The Morgan fingerprint density at radius 3 is 2.26 bits per heavy atom. The third-order valence-corrected chi connectivity index (χ3v) is 5.14. The molecule has 1 heterocycles. The number of allylic oxidation sites excluding steroid dienone is 2. The standard InChI is InChI=1S/C26H19F2NO2/c27-22-6-2-19(3-7-22)21(14-18-11-12-29-16-18)13-17-1-10-24(26(30)31)25(15-17)20-4-8-23(28)9-5-20/h1-13,15-16,18H,14H2,(H,30,31)/b21-13-. The minimum atomic E-state index is -1.05. The van der Waals surface area contributed by atoms with E-state index in [4.69, 9.17) is 0 Å². The summed E-state index contributed by atoms with van der Waals surface area (Å²) in [5.74, 6) is -1.62. The van der Waals surface area contributed by atoms with Crippen molar-refractivity contribution in [2.45, 2.75) is 6.42 Å². The predicted octanol–water partition coefficient (Wildman–Crippen LogP) is 6.48. The van der Waals surface area contributed by atoms with Crippen LogP contribution in [0.1, 0.15) is 27.9 Å². The second kappa shape index (κ2) is 8.88. The molecule has 0 radical (unpaired) electrons. The van der Waals surface area contributed by atoms with Gasteiger partial charge in [-0.25, -0.2) is 13.6 Å². The highest BCUT2D eigenvalue weighted by Gasteiger charge is 2.14. The van der Waals surface area contributed by atoms with E-state index in [1.807, 2.05) is 18.4 Å². The fourth-order valence-corrected chi connectivity index (χ4v) is 3.58. The van der Waals surface area contributed by atoms with Crippen LogP contribution >= 0.6 is 0 Å². The van der Waals surface area contributed by atoms with E-state index in [1.165, 1.54) is 24.3 Å². The molecule has 0 aromatic heterocycles. The van der Waals surface area contributed by atoms with Gasteiger partial charge >= 0.3 is 5.97 Å².